The fourth-order valence-electron chi connectivity index (χ4n) is 3.94. The van der Waals surface area contributed by atoms with Crippen molar-refractivity contribution in [2.24, 2.45) is 11.8 Å². The van der Waals surface area contributed by atoms with Gasteiger partial charge >= 0.3 is 0 Å². The van der Waals surface area contributed by atoms with E-state index in [-0.39, 0.29) is 12.4 Å². The molecule has 0 saturated heterocycles. The van der Waals surface area contributed by atoms with Crippen LogP contribution in [0.25, 0.3) is 0 Å². The topological polar surface area (TPSA) is 3.24 Å². The lowest BCUT2D eigenvalue weighted by atomic mass is 9.95. The van der Waals surface area contributed by atoms with Gasteiger partial charge in [-0.2, -0.15) is 0 Å². The Balaban J connectivity index is 0. The molecule has 2 unspecified atom stereocenters. The number of nitrogens with zero attached hydrogens (tertiary/aromatic N) is 1. The van der Waals surface area contributed by atoms with Gasteiger partial charge in [0.25, 0.3) is 0 Å². The van der Waals surface area contributed by atoms with Crippen molar-refractivity contribution < 1.29 is 0 Å². The van der Waals surface area contributed by atoms with E-state index in [4.69, 9.17) is 0 Å². The summed E-state index contributed by atoms with van der Waals surface area (Å²) in [5.74, 6) is 1.84. The number of halogens is 1. The fraction of sp³-hybridized carbons (Fsp3) is 1.00. The molecular weight excluding hydrogens is 338 g/mol. The number of unbranched alkanes of at least 4 members (excludes halogenated alkanes) is 7. The molecule has 0 aliphatic rings. The molecule has 0 aliphatic heterocycles. The molecule has 0 fully saturated rings. The third-order valence-electron chi connectivity index (χ3n) is 5.95. The van der Waals surface area contributed by atoms with Crippen LogP contribution < -0.4 is 0 Å². The summed E-state index contributed by atoms with van der Waals surface area (Å²) in [7, 11) is 0. The van der Waals surface area contributed by atoms with Crippen LogP contribution in [0.5, 0.6) is 0 Å². The first-order chi connectivity index (χ1) is 12.2. The van der Waals surface area contributed by atoms with Crippen molar-refractivity contribution in [2.75, 3.05) is 19.6 Å². The Morgan fingerprint density at radius 2 is 0.962 bits per heavy atom. The largest absolute Gasteiger partial charge is 0.303 e. The average molecular weight is 390 g/mol. The van der Waals surface area contributed by atoms with Crippen molar-refractivity contribution >= 4 is 12.4 Å². The van der Waals surface area contributed by atoms with Crippen molar-refractivity contribution in [2.45, 2.75) is 125 Å². The highest BCUT2D eigenvalue weighted by molar-refractivity contribution is 5.85. The molecule has 0 amide bonds. The maximum Gasteiger partial charge on any atom is 0.000967 e. The highest BCUT2D eigenvalue weighted by Crippen LogP contribution is 2.19. The zero-order chi connectivity index (χ0) is 18.8. The SMILES string of the molecule is CCCCCCCCN(CC(CC)CCCC)CC(CC)CCCC.Cl. The summed E-state index contributed by atoms with van der Waals surface area (Å²) in [6.45, 7) is 15.8. The van der Waals surface area contributed by atoms with Crippen molar-refractivity contribution in [3.05, 3.63) is 0 Å². The first kappa shape index (κ1) is 28.5. The number of rotatable bonds is 19. The zero-order valence-electron chi connectivity index (χ0n) is 19.0. The van der Waals surface area contributed by atoms with Crippen LogP contribution in [-0.2, 0) is 0 Å². The maximum absolute atomic E-state index is 2.85. The van der Waals surface area contributed by atoms with Gasteiger partial charge in [0.2, 0.25) is 0 Å². The van der Waals surface area contributed by atoms with Crippen LogP contribution in [0.1, 0.15) is 125 Å². The first-order valence-electron chi connectivity index (χ1n) is 11.9. The molecule has 0 N–H and O–H groups in total. The highest BCUT2D eigenvalue weighted by Gasteiger charge is 2.16. The molecule has 2 heteroatoms. The third-order valence-corrected chi connectivity index (χ3v) is 5.95. The van der Waals surface area contributed by atoms with Crippen LogP contribution in [0.4, 0.5) is 0 Å². The first-order valence-corrected chi connectivity index (χ1v) is 11.9. The predicted octanol–water partition coefficient (Wildman–Crippen LogP) is 8.50. The molecule has 0 bridgehead atoms. The molecule has 0 aromatic carbocycles. The van der Waals surface area contributed by atoms with E-state index in [1.807, 2.05) is 0 Å². The Morgan fingerprint density at radius 1 is 0.538 bits per heavy atom. The van der Waals surface area contributed by atoms with Gasteiger partial charge in [0.1, 0.15) is 0 Å². The Labute approximate surface area is 173 Å². The minimum Gasteiger partial charge on any atom is -0.303 e. The highest BCUT2D eigenvalue weighted by atomic mass is 35.5. The van der Waals surface area contributed by atoms with Crippen LogP contribution >= 0.6 is 12.4 Å². The Morgan fingerprint density at radius 3 is 1.38 bits per heavy atom. The molecule has 1 nitrogen and oxygen atoms in total. The second-order valence-corrected chi connectivity index (χ2v) is 8.36. The number of hydrogen-bond donors (Lipinski definition) is 0. The van der Waals surface area contributed by atoms with E-state index in [9.17, 15) is 0 Å². The monoisotopic (exact) mass is 389 g/mol. The summed E-state index contributed by atoms with van der Waals surface area (Å²) in [5.41, 5.74) is 0. The summed E-state index contributed by atoms with van der Waals surface area (Å²) < 4.78 is 0. The predicted molar refractivity (Wildman–Crippen MR) is 124 cm³/mol. The summed E-state index contributed by atoms with van der Waals surface area (Å²) in [4.78, 5) is 2.85. The van der Waals surface area contributed by atoms with Gasteiger partial charge in [-0.1, -0.05) is 105 Å². The van der Waals surface area contributed by atoms with E-state index in [0.717, 1.165) is 11.8 Å². The molecule has 0 aliphatic carbocycles. The normalized spacial score (nSPS) is 13.6. The lowest BCUT2D eigenvalue weighted by molar-refractivity contribution is 0.178. The maximum atomic E-state index is 2.85. The molecule has 0 aromatic heterocycles. The zero-order valence-corrected chi connectivity index (χ0v) is 19.8. The summed E-state index contributed by atoms with van der Waals surface area (Å²) >= 11 is 0. The average Bonchev–Trinajstić information content (AvgIpc) is 2.64. The minimum absolute atomic E-state index is 0. The van der Waals surface area contributed by atoms with Crippen molar-refractivity contribution in [1.82, 2.24) is 4.90 Å². The lowest BCUT2D eigenvalue weighted by Gasteiger charge is -2.30. The molecule has 0 spiro atoms. The van der Waals surface area contributed by atoms with E-state index in [1.165, 1.54) is 110 Å². The Kier molecular flexibility index (Phi) is 23.6. The quantitative estimate of drug-likeness (QED) is 0.200. The Bertz CT molecular complexity index is 239. The molecule has 160 valence electrons. The summed E-state index contributed by atoms with van der Waals surface area (Å²) in [5, 5.41) is 0. The van der Waals surface area contributed by atoms with Gasteiger partial charge in [-0.15, -0.1) is 12.4 Å². The van der Waals surface area contributed by atoms with Gasteiger partial charge < -0.3 is 4.90 Å². The molecule has 0 rings (SSSR count). The van der Waals surface area contributed by atoms with E-state index in [1.54, 1.807) is 0 Å². The van der Waals surface area contributed by atoms with Gasteiger partial charge in [0, 0.05) is 13.1 Å². The summed E-state index contributed by atoms with van der Waals surface area (Å²) in [6.07, 6.45) is 19.6. The van der Waals surface area contributed by atoms with Crippen LogP contribution in [0.15, 0.2) is 0 Å². The van der Waals surface area contributed by atoms with Crippen molar-refractivity contribution in [3.8, 4) is 0 Å². The second-order valence-electron chi connectivity index (χ2n) is 8.36. The fourth-order valence-corrected chi connectivity index (χ4v) is 3.94. The van der Waals surface area contributed by atoms with E-state index in [0.29, 0.717) is 0 Å². The van der Waals surface area contributed by atoms with E-state index >= 15 is 0 Å². The van der Waals surface area contributed by atoms with Gasteiger partial charge in [0.15, 0.2) is 0 Å². The van der Waals surface area contributed by atoms with Crippen LogP contribution in [0, 0.1) is 11.8 Å². The van der Waals surface area contributed by atoms with Crippen LogP contribution in [-0.4, -0.2) is 24.5 Å². The van der Waals surface area contributed by atoms with Crippen LogP contribution in [0.2, 0.25) is 0 Å². The van der Waals surface area contributed by atoms with Gasteiger partial charge in [0.05, 0.1) is 0 Å². The molecule has 0 radical (unpaired) electrons. The minimum atomic E-state index is 0. The van der Waals surface area contributed by atoms with Gasteiger partial charge in [-0.25, -0.2) is 0 Å². The molecule has 0 aromatic rings. The van der Waals surface area contributed by atoms with Crippen LogP contribution in [0.3, 0.4) is 0 Å². The number of hydrogen-bond acceptors (Lipinski definition) is 1. The molecule has 26 heavy (non-hydrogen) atoms. The van der Waals surface area contributed by atoms with Crippen molar-refractivity contribution in [1.29, 1.82) is 0 Å². The van der Waals surface area contributed by atoms with Crippen molar-refractivity contribution in [3.63, 3.8) is 0 Å². The smallest absolute Gasteiger partial charge is 0.000967 e. The molecule has 0 heterocycles. The Hall–Kier alpha value is 0.250. The van der Waals surface area contributed by atoms with E-state index < -0.39 is 0 Å². The summed E-state index contributed by atoms with van der Waals surface area (Å²) in [6, 6.07) is 0. The van der Waals surface area contributed by atoms with Gasteiger partial charge in [-0.05, 0) is 37.6 Å². The third kappa shape index (κ3) is 16.4. The van der Waals surface area contributed by atoms with Gasteiger partial charge in [-0.3, -0.25) is 0 Å². The van der Waals surface area contributed by atoms with E-state index in [2.05, 4.69) is 39.5 Å². The lowest BCUT2D eigenvalue weighted by Crippen LogP contribution is -2.35. The standard InChI is InChI=1S/C24H51N.ClH/c1-6-11-14-15-16-17-20-25(21-23(9-4)18-12-7-2)22-24(10-5)19-13-8-3;/h23-24H,6-22H2,1-5H3;1H. The molecule has 2 atom stereocenters. The molecular formula is C24H52ClN. The second kappa shape index (κ2) is 21.5. The molecule has 0 saturated carbocycles.